The van der Waals surface area contributed by atoms with Gasteiger partial charge in [-0.3, -0.25) is 19.5 Å². The third-order valence-electron chi connectivity index (χ3n) is 7.24. The van der Waals surface area contributed by atoms with Crippen LogP contribution >= 0.6 is 11.8 Å². The predicted octanol–water partition coefficient (Wildman–Crippen LogP) is 4.04. The summed E-state index contributed by atoms with van der Waals surface area (Å²) in [6, 6.07) is 17.8. The van der Waals surface area contributed by atoms with Crippen molar-refractivity contribution >= 4 is 55.6 Å². The number of likely N-dealkylation sites (tertiary alicyclic amines) is 1. The number of fused-ring (bicyclic) bond motifs is 1. The fraction of sp³-hybridized carbons (Fsp3) is 0.207. The van der Waals surface area contributed by atoms with Gasteiger partial charge in [0.05, 0.1) is 26.2 Å². The summed E-state index contributed by atoms with van der Waals surface area (Å²) in [6.45, 7) is 0.601. The van der Waals surface area contributed by atoms with Gasteiger partial charge in [0.15, 0.2) is 5.16 Å². The number of carbonyl (C=O) groups excluding carboxylic acids is 1. The van der Waals surface area contributed by atoms with Gasteiger partial charge in [-0.05, 0) is 41.3 Å². The first kappa shape index (κ1) is 31.6. The van der Waals surface area contributed by atoms with Crippen LogP contribution in [0.15, 0.2) is 92.5 Å². The molecule has 18 heteroatoms. The molecular weight excluding hydrogens is 657 g/mol. The Labute approximate surface area is 270 Å². The number of halogens is 1. The van der Waals surface area contributed by atoms with Crippen LogP contribution in [0.25, 0.3) is 10.9 Å². The van der Waals surface area contributed by atoms with Crippen molar-refractivity contribution in [2.75, 3.05) is 24.2 Å². The monoisotopic (exact) mass is 681 g/mol. The number of amides is 1. The highest BCUT2D eigenvalue weighted by atomic mass is 32.2. The largest absolute Gasteiger partial charge is 0.451 e. The predicted molar refractivity (Wildman–Crippen MR) is 164 cm³/mol. The number of nitro benzene ring substituents is 1. The van der Waals surface area contributed by atoms with Gasteiger partial charge in [-0.2, -0.15) is 4.39 Å². The molecular formula is C29H24FN7O8S2. The molecule has 2 aromatic heterocycles. The summed E-state index contributed by atoms with van der Waals surface area (Å²) in [7, 11) is -4.26. The lowest BCUT2D eigenvalue weighted by atomic mass is 10.1. The third kappa shape index (κ3) is 6.77. The van der Waals surface area contributed by atoms with E-state index in [0.717, 1.165) is 23.9 Å². The molecule has 242 valence electrons. The number of rotatable bonds is 10. The van der Waals surface area contributed by atoms with E-state index in [9.17, 15) is 32.9 Å². The Morgan fingerprint density at radius 3 is 2.57 bits per heavy atom. The number of anilines is 2. The van der Waals surface area contributed by atoms with Crippen LogP contribution in [0.2, 0.25) is 0 Å². The van der Waals surface area contributed by atoms with Gasteiger partial charge >= 0.3 is 16.6 Å². The molecule has 1 amide bonds. The van der Waals surface area contributed by atoms with Gasteiger partial charge in [-0.15, -0.1) is 0 Å². The van der Waals surface area contributed by atoms with Crippen LogP contribution in [0.5, 0.6) is 5.88 Å². The molecule has 6 rings (SSSR count). The second kappa shape index (κ2) is 13.2. The first-order chi connectivity index (χ1) is 22.6. The fourth-order valence-corrected chi connectivity index (χ4v) is 6.94. The maximum atomic E-state index is 13.9. The Balaban J connectivity index is 1.09. The van der Waals surface area contributed by atoms with Crippen molar-refractivity contribution in [3.05, 3.63) is 93.9 Å². The van der Waals surface area contributed by atoms with Crippen molar-refractivity contribution in [3.8, 4) is 5.88 Å². The number of piperidine rings is 1. The molecule has 0 spiro atoms. The first-order valence-electron chi connectivity index (χ1n) is 14.0. The summed E-state index contributed by atoms with van der Waals surface area (Å²) in [5, 5.41) is 30.0. The molecule has 15 nitrogen and oxygen atoms in total. The summed E-state index contributed by atoms with van der Waals surface area (Å²) < 4.78 is 50.2. The van der Waals surface area contributed by atoms with E-state index in [0.29, 0.717) is 42.7 Å². The van der Waals surface area contributed by atoms with Crippen molar-refractivity contribution in [3.63, 3.8) is 0 Å². The van der Waals surface area contributed by atoms with E-state index in [2.05, 4.69) is 25.1 Å². The van der Waals surface area contributed by atoms with Crippen molar-refractivity contribution in [2.24, 2.45) is 0 Å². The summed E-state index contributed by atoms with van der Waals surface area (Å²) in [4.78, 5) is 33.8. The summed E-state index contributed by atoms with van der Waals surface area (Å²) in [5.74, 6) is -1.28. The van der Waals surface area contributed by atoms with E-state index >= 15 is 0 Å². The van der Waals surface area contributed by atoms with E-state index in [1.807, 2.05) is 0 Å². The molecule has 1 aliphatic rings. The summed E-state index contributed by atoms with van der Waals surface area (Å²) >= 11 is 1.10. The number of ether oxygens (including phenoxy) is 1. The smallest absolute Gasteiger partial charge is 0.415 e. The minimum atomic E-state index is -4.26. The number of benzene rings is 3. The number of sulfone groups is 1. The maximum absolute atomic E-state index is 13.9. The molecule has 1 saturated heterocycles. The Morgan fingerprint density at radius 1 is 1.11 bits per heavy atom. The normalized spacial score (nSPS) is 13.9. The number of aromatic nitrogens is 4. The number of hydrogen-bond donors (Lipinski definition) is 1. The SMILES string of the molecule is O=C(CSc1nc(Nc2ccc(F)c([N+](=O)[O-])c2)c2ccccc2n1)N1CCC(Oc2no[n+]([O-])c2S(=O)(=O)c2ccccc2)CC1. The lowest BCUT2D eigenvalue weighted by molar-refractivity contribution is -0.832. The first-order valence-corrected chi connectivity index (χ1v) is 16.5. The van der Waals surface area contributed by atoms with Crippen LogP contribution < -0.4 is 15.0 Å². The lowest BCUT2D eigenvalue weighted by Gasteiger charge is -2.31. The van der Waals surface area contributed by atoms with Gasteiger partial charge in [-0.25, -0.2) is 18.4 Å². The molecule has 0 unspecified atom stereocenters. The second-order valence-electron chi connectivity index (χ2n) is 10.3. The second-order valence-corrected chi connectivity index (χ2v) is 13.1. The average molecular weight is 682 g/mol. The highest BCUT2D eigenvalue weighted by Crippen LogP contribution is 2.30. The minimum Gasteiger partial charge on any atom is -0.451 e. The number of carbonyl (C=O) groups is 1. The van der Waals surface area contributed by atoms with Crippen LogP contribution in [0.4, 0.5) is 21.6 Å². The number of hydrogen-bond acceptors (Lipinski definition) is 13. The lowest BCUT2D eigenvalue weighted by Crippen LogP contribution is -2.42. The van der Waals surface area contributed by atoms with E-state index in [4.69, 9.17) is 4.74 Å². The Morgan fingerprint density at radius 2 is 1.83 bits per heavy atom. The zero-order valence-corrected chi connectivity index (χ0v) is 25.8. The topological polar surface area (TPSA) is 198 Å². The molecule has 1 N–H and O–H groups in total. The van der Waals surface area contributed by atoms with Gasteiger partial charge < -0.3 is 20.2 Å². The van der Waals surface area contributed by atoms with Crippen molar-refractivity contribution < 1.29 is 36.8 Å². The molecule has 3 heterocycles. The molecule has 0 radical (unpaired) electrons. The molecule has 0 atom stereocenters. The van der Waals surface area contributed by atoms with Gasteiger partial charge in [0, 0.05) is 43.1 Å². The molecule has 1 aliphatic heterocycles. The van der Waals surface area contributed by atoms with E-state index in [-0.39, 0.29) is 32.3 Å². The highest BCUT2D eigenvalue weighted by molar-refractivity contribution is 7.99. The number of thioether (sulfide) groups is 1. The minimum absolute atomic E-state index is 0.00423. The molecule has 0 aliphatic carbocycles. The van der Waals surface area contributed by atoms with E-state index < -0.39 is 43.3 Å². The number of nitro groups is 1. The van der Waals surface area contributed by atoms with Crippen LogP contribution in [-0.2, 0) is 14.6 Å². The van der Waals surface area contributed by atoms with E-state index in [1.165, 1.54) is 30.3 Å². The highest BCUT2D eigenvalue weighted by Gasteiger charge is 2.37. The van der Waals surface area contributed by atoms with Crippen LogP contribution in [0.3, 0.4) is 0 Å². The zero-order chi connectivity index (χ0) is 33.1. The van der Waals surface area contributed by atoms with Gasteiger partial charge in [-0.1, -0.05) is 42.1 Å². The number of nitrogens with one attached hydrogen (secondary N) is 1. The summed E-state index contributed by atoms with van der Waals surface area (Å²) in [6.07, 6.45) is 0.162. The third-order valence-corrected chi connectivity index (χ3v) is 9.80. The van der Waals surface area contributed by atoms with Gasteiger partial charge in [0.25, 0.3) is 9.84 Å². The van der Waals surface area contributed by atoms with Crippen LogP contribution in [0.1, 0.15) is 12.8 Å². The van der Waals surface area contributed by atoms with Crippen molar-refractivity contribution in [2.45, 2.75) is 34.0 Å². The number of para-hydroxylation sites is 1. The molecule has 0 bridgehead atoms. The molecule has 3 aromatic carbocycles. The Kier molecular flexibility index (Phi) is 8.86. The Bertz CT molecular complexity index is 2070. The van der Waals surface area contributed by atoms with Crippen LogP contribution in [0, 0.1) is 21.1 Å². The zero-order valence-electron chi connectivity index (χ0n) is 24.2. The quantitative estimate of drug-likeness (QED) is 0.0729. The molecule has 47 heavy (non-hydrogen) atoms. The van der Waals surface area contributed by atoms with Crippen molar-refractivity contribution in [1.29, 1.82) is 0 Å². The number of nitrogens with zero attached hydrogens (tertiary/aromatic N) is 6. The standard InChI is InChI=1S/C29H24FN7O8S2/c30-22-11-10-18(16-24(22)36(39)40)31-26-21-8-4-5-9-23(21)32-29(33-26)46-17-25(38)35-14-12-19(13-15-35)44-27-28(37(41)45-34-27)47(42,43)20-6-2-1-3-7-20/h1-11,16,19H,12-15,17H2,(H,31,32,33). The van der Waals surface area contributed by atoms with Gasteiger partial charge in [0.1, 0.15) is 11.9 Å². The average Bonchev–Trinajstić information content (AvgIpc) is 3.45. The maximum Gasteiger partial charge on any atom is 0.415 e. The molecule has 0 saturated carbocycles. The van der Waals surface area contributed by atoms with E-state index in [1.54, 1.807) is 35.2 Å². The summed E-state index contributed by atoms with van der Waals surface area (Å²) in [5.41, 5.74) is 0.130. The van der Waals surface area contributed by atoms with Crippen molar-refractivity contribution in [1.82, 2.24) is 20.0 Å². The fourth-order valence-electron chi connectivity index (χ4n) is 4.91. The molecule has 5 aromatic rings. The Hall–Kier alpha value is -5.36. The van der Waals surface area contributed by atoms with Crippen LogP contribution in [-0.4, -0.2) is 64.2 Å². The van der Waals surface area contributed by atoms with Gasteiger partial charge in [0.2, 0.25) is 11.7 Å². The molecule has 1 fully saturated rings.